The second-order valence-electron chi connectivity index (χ2n) is 12.1. The molecule has 3 aliphatic rings. The third kappa shape index (κ3) is 6.27. The molecular formula is C31H44N2O6. The first-order valence-corrected chi connectivity index (χ1v) is 14.7. The number of carbonyl (C=O) groups excluding carboxylic acids is 1. The summed E-state index contributed by atoms with van der Waals surface area (Å²) in [4.78, 5) is 30.6. The van der Waals surface area contributed by atoms with E-state index in [2.05, 4.69) is 4.90 Å². The highest BCUT2D eigenvalue weighted by Crippen LogP contribution is 2.42. The molecule has 1 aromatic heterocycles. The van der Waals surface area contributed by atoms with E-state index in [0.717, 1.165) is 48.7 Å². The Kier molecular flexibility index (Phi) is 8.52. The molecule has 2 fully saturated rings. The van der Waals surface area contributed by atoms with Crippen molar-refractivity contribution < 1.29 is 23.4 Å². The van der Waals surface area contributed by atoms with E-state index in [4.69, 9.17) is 18.6 Å². The maximum atomic E-state index is 13.7. The molecule has 0 saturated carbocycles. The molecule has 8 nitrogen and oxygen atoms in total. The molecule has 3 aliphatic heterocycles. The maximum Gasteiger partial charge on any atom is 0.336 e. The van der Waals surface area contributed by atoms with Crippen molar-refractivity contribution in [2.75, 3.05) is 46.5 Å². The molecule has 0 radical (unpaired) electrons. The summed E-state index contributed by atoms with van der Waals surface area (Å²) in [6.07, 6.45) is 8.50. The average molecular weight is 541 g/mol. The van der Waals surface area contributed by atoms with Gasteiger partial charge in [0, 0.05) is 50.5 Å². The molecule has 0 unspecified atom stereocenters. The lowest BCUT2D eigenvalue weighted by Crippen LogP contribution is -2.52. The summed E-state index contributed by atoms with van der Waals surface area (Å²) in [5, 5.41) is 0.737. The Balaban J connectivity index is 1.37. The highest BCUT2D eigenvalue weighted by molar-refractivity contribution is 5.91. The fourth-order valence-electron chi connectivity index (χ4n) is 6.76. The first-order chi connectivity index (χ1) is 18.8. The molecule has 2 saturated heterocycles. The number of fused-ring (bicyclic) bond motifs is 4. The second-order valence-corrected chi connectivity index (χ2v) is 12.1. The summed E-state index contributed by atoms with van der Waals surface area (Å²) in [6, 6.07) is 3.92. The van der Waals surface area contributed by atoms with E-state index in [0.29, 0.717) is 42.2 Å². The zero-order valence-electron chi connectivity index (χ0n) is 24.1. The molecule has 39 heavy (non-hydrogen) atoms. The number of rotatable bonds is 9. The lowest BCUT2D eigenvalue weighted by molar-refractivity contribution is -0.135. The molecule has 2 atom stereocenters. The minimum absolute atomic E-state index is 0.0267. The number of aryl methyl sites for hydroxylation is 2. The number of piperidine rings is 2. The number of methoxy groups -OCH3 is 1. The number of hydrogen-bond donors (Lipinski definition) is 0. The average Bonchev–Trinajstić information content (AvgIpc) is 2.90. The van der Waals surface area contributed by atoms with Crippen molar-refractivity contribution in [1.29, 1.82) is 0 Å². The quantitative estimate of drug-likeness (QED) is 0.336. The van der Waals surface area contributed by atoms with Crippen molar-refractivity contribution in [3.05, 3.63) is 33.7 Å². The topological polar surface area (TPSA) is 81.5 Å². The van der Waals surface area contributed by atoms with Gasteiger partial charge in [0.15, 0.2) is 6.61 Å². The predicted molar refractivity (Wildman–Crippen MR) is 151 cm³/mol. The number of amides is 1. The van der Waals surface area contributed by atoms with Crippen LogP contribution in [0.15, 0.2) is 21.3 Å². The Morgan fingerprint density at radius 3 is 2.82 bits per heavy atom. The lowest BCUT2D eigenvalue weighted by atomic mass is 9.83. The molecule has 0 aliphatic carbocycles. The van der Waals surface area contributed by atoms with Gasteiger partial charge in [-0.1, -0.05) is 6.42 Å². The minimum Gasteiger partial charge on any atom is -0.487 e. The van der Waals surface area contributed by atoms with Crippen LogP contribution < -0.4 is 15.1 Å². The van der Waals surface area contributed by atoms with E-state index >= 15 is 0 Å². The van der Waals surface area contributed by atoms with Crippen LogP contribution in [0.2, 0.25) is 0 Å². The Hall–Kier alpha value is -2.58. The summed E-state index contributed by atoms with van der Waals surface area (Å²) < 4.78 is 23.5. The van der Waals surface area contributed by atoms with Crippen LogP contribution in [-0.4, -0.2) is 73.9 Å². The van der Waals surface area contributed by atoms with Gasteiger partial charge < -0.3 is 28.4 Å². The van der Waals surface area contributed by atoms with Crippen molar-refractivity contribution in [2.24, 2.45) is 5.92 Å². The number of ether oxygens (including phenoxy) is 3. The van der Waals surface area contributed by atoms with Gasteiger partial charge in [0.05, 0.1) is 5.39 Å². The number of hydrogen-bond acceptors (Lipinski definition) is 7. The molecule has 1 aromatic carbocycles. The van der Waals surface area contributed by atoms with Crippen LogP contribution in [0.3, 0.4) is 0 Å². The zero-order chi connectivity index (χ0) is 27.6. The maximum absolute atomic E-state index is 13.7. The van der Waals surface area contributed by atoms with E-state index in [9.17, 15) is 9.59 Å². The summed E-state index contributed by atoms with van der Waals surface area (Å²) >= 11 is 0. The van der Waals surface area contributed by atoms with Gasteiger partial charge in [0.2, 0.25) is 0 Å². The second kappa shape index (κ2) is 11.9. The van der Waals surface area contributed by atoms with E-state index < -0.39 is 5.63 Å². The molecule has 0 bridgehead atoms. The Morgan fingerprint density at radius 1 is 1.18 bits per heavy atom. The predicted octanol–water partition coefficient (Wildman–Crippen LogP) is 4.71. The number of carbonyl (C=O) groups is 1. The molecular weight excluding hydrogens is 496 g/mol. The van der Waals surface area contributed by atoms with Crippen LogP contribution in [0.1, 0.15) is 69.9 Å². The highest BCUT2D eigenvalue weighted by Gasteiger charge is 2.35. The van der Waals surface area contributed by atoms with Gasteiger partial charge in [-0.2, -0.15) is 0 Å². The highest BCUT2D eigenvalue weighted by atomic mass is 16.5. The first kappa shape index (κ1) is 28.0. The van der Waals surface area contributed by atoms with Crippen molar-refractivity contribution in [1.82, 2.24) is 9.80 Å². The Labute approximate surface area is 231 Å². The molecule has 0 N–H and O–H groups in total. The van der Waals surface area contributed by atoms with E-state index in [-0.39, 0.29) is 18.1 Å². The largest absolute Gasteiger partial charge is 0.487 e. The van der Waals surface area contributed by atoms with Crippen LogP contribution in [-0.2, 0) is 16.0 Å². The molecule has 4 heterocycles. The van der Waals surface area contributed by atoms with Crippen LogP contribution in [0.4, 0.5) is 0 Å². The van der Waals surface area contributed by atoms with Crippen molar-refractivity contribution in [3.8, 4) is 11.5 Å². The fraction of sp³-hybridized carbons (Fsp3) is 0.677. The summed E-state index contributed by atoms with van der Waals surface area (Å²) in [5.41, 5.74) is 1.44. The number of benzene rings is 1. The summed E-state index contributed by atoms with van der Waals surface area (Å²) in [7, 11) is 1.70. The number of nitrogens with zero attached hydrogens (tertiary/aromatic N) is 2. The van der Waals surface area contributed by atoms with Crippen molar-refractivity contribution in [2.45, 2.75) is 83.8 Å². The standard InChI is InChI=1S/C31H44N2O6/c1-21-17-28(35)38-30-23-11-12-31(2,3)39-25(23)18-26(29(21)30)37-20-27(34)33(15-8-16-36-4)19-22-9-7-14-32-13-6-5-10-24(22)32/h17-18,22,24H,5-16,19-20H2,1-4H3/t22-,24+/m0/s1. The van der Waals surface area contributed by atoms with E-state index in [1.54, 1.807) is 7.11 Å². The minimum atomic E-state index is -0.395. The van der Waals surface area contributed by atoms with Gasteiger partial charge in [-0.05, 0) is 90.3 Å². The van der Waals surface area contributed by atoms with Gasteiger partial charge in [-0.25, -0.2) is 4.79 Å². The fourth-order valence-corrected chi connectivity index (χ4v) is 6.76. The van der Waals surface area contributed by atoms with Gasteiger partial charge in [0.1, 0.15) is 22.7 Å². The van der Waals surface area contributed by atoms with E-state index in [1.165, 1.54) is 44.8 Å². The molecule has 214 valence electrons. The molecule has 1 amide bonds. The van der Waals surface area contributed by atoms with Crippen LogP contribution >= 0.6 is 0 Å². The third-order valence-corrected chi connectivity index (χ3v) is 8.77. The van der Waals surface area contributed by atoms with Crippen LogP contribution in [0.25, 0.3) is 11.0 Å². The first-order valence-electron chi connectivity index (χ1n) is 14.7. The van der Waals surface area contributed by atoms with Crippen LogP contribution in [0.5, 0.6) is 11.5 Å². The lowest BCUT2D eigenvalue weighted by Gasteiger charge is -2.45. The molecule has 8 heteroatoms. The van der Waals surface area contributed by atoms with Crippen molar-refractivity contribution >= 4 is 16.9 Å². The monoisotopic (exact) mass is 540 g/mol. The van der Waals surface area contributed by atoms with Crippen LogP contribution in [0, 0.1) is 12.8 Å². The van der Waals surface area contributed by atoms with Gasteiger partial charge in [0.25, 0.3) is 5.91 Å². The smallest absolute Gasteiger partial charge is 0.336 e. The van der Waals surface area contributed by atoms with Crippen molar-refractivity contribution in [3.63, 3.8) is 0 Å². The van der Waals surface area contributed by atoms with E-state index in [1.807, 2.05) is 31.7 Å². The van der Waals surface area contributed by atoms with Gasteiger partial charge >= 0.3 is 5.63 Å². The third-order valence-electron chi connectivity index (χ3n) is 8.77. The van der Waals surface area contributed by atoms with Gasteiger partial charge in [-0.15, -0.1) is 0 Å². The Morgan fingerprint density at radius 2 is 2.00 bits per heavy atom. The van der Waals surface area contributed by atoms with Gasteiger partial charge in [-0.3, -0.25) is 4.79 Å². The normalized spacial score (nSPS) is 22.6. The molecule has 2 aromatic rings. The summed E-state index contributed by atoms with van der Waals surface area (Å²) in [6.45, 7) is 10.3. The zero-order valence-corrected chi connectivity index (χ0v) is 24.1. The Bertz CT molecular complexity index is 1240. The summed E-state index contributed by atoms with van der Waals surface area (Å²) in [5.74, 6) is 1.64. The molecule has 5 rings (SSSR count). The SMILES string of the molecule is COCCCN(C[C@@H]1CCCN2CCCC[C@H]12)C(=O)COc1cc2c(c3oc(=O)cc(C)c13)CCC(C)(C)O2. The molecule has 0 spiro atoms.